The molecule has 2 heteroatoms. The van der Waals surface area contributed by atoms with Crippen molar-refractivity contribution in [3.8, 4) is 18.1 Å². The van der Waals surface area contributed by atoms with Crippen molar-refractivity contribution in [3.05, 3.63) is 30.3 Å². The minimum absolute atomic E-state index is 0.743. The summed E-state index contributed by atoms with van der Waals surface area (Å²) in [5.41, 5.74) is 0. The van der Waals surface area contributed by atoms with E-state index in [2.05, 4.69) is 11.2 Å². The lowest BCUT2D eigenvalue weighted by molar-refractivity contribution is 0.308. The first-order valence-electron chi connectivity index (χ1n) is 5.25. The van der Waals surface area contributed by atoms with Gasteiger partial charge < -0.3 is 10.1 Å². The van der Waals surface area contributed by atoms with Crippen LogP contribution in [0.15, 0.2) is 30.3 Å². The molecule has 0 aromatic heterocycles. The van der Waals surface area contributed by atoms with Crippen LogP contribution in [0.5, 0.6) is 5.75 Å². The zero-order valence-electron chi connectivity index (χ0n) is 8.91. The summed E-state index contributed by atoms with van der Waals surface area (Å²) >= 11 is 0. The Morgan fingerprint density at radius 3 is 2.73 bits per heavy atom. The molecule has 80 valence electrons. The van der Waals surface area contributed by atoms with Crippen molar-refractivity contribution in [2.45, 2.75) is 12.8 Å². The van der Waals surface area contributed by atoms with Crippen molar-refractivity contribution in [3.63, 3.8) is 0 Å². The quantitative estimate of drug-likeness (QED) is 0.541. The van der Waals surface area contributed by atoms with E-state index in [1.165, 1.54) is 0 Å². The third kappa shape index (κ3) is 5.77. The maximum absolute atomic E-state index is 5.53. The van der Waals surface area contributed by atoms with Crippen LogP contribution in [0.1, 0.15) is 12.8 Å². The molecular weight excluding hydrogens is 186 g/mol. The maximum atomic E-state index is 5.53. The normalized spacial score (nSPS) is 9.53. The van der Waals surface area contributed by atoms with E-state index in [0.29, 0.717) is 0 Å². The summed E-state index contributed by atoms with van der Waals surface area (Å²) in [7, 11) is 0. The Bertz CT molecular complexity index is 289. The van der Waals surface area contributed by atoms with Crippen LogP contribution in [0.2, 0.25) is 0 Å². The number of rotatable bonds is 7. The fourth-order valence-corrected chi connectivity index (χ4v) is 1.19. The van der Waals surface area contributed by atoms with Crippen LogP contribution in [-0.2, 0) is 0 Å². The van der Waals surface area contributed by atoms with Crippen LogP contribution in [0.3, 0.4) is 0 Å². The standard InChI is InChI=1S/C13H17NO/c1-2-3-10-14-11-7-12-15-13-8-5-4-6-9-13/h1,4-6,8-9,14H,3,7,10-12H2. The van der Waals surface area contributed by atoms with Gasteiger partial charge in [-0.1, -0.05) is 18.2 Å². The molecular formula is C13H17NO. The Hall–Kier alpha value is -1.46. The summed E-state index contributed by atoms with van der Waals surface area (Å²) in [5.74, 6) is 3.52. The van der Waals surface area contributed by atoms with Gasteiger partial charge in [0.05, 0.1) is 6.61 Å². The summed E-state index contributed by atoms with van der Waals surface area (Å²) in [6, 6.07) is 9.85. The average molecular weight is 203 g/mol. The molecule has 1 aromatic rings. The number of ether oxygens (including phenoxy) is 1. The summed E-state index contributed by atoms with van der Waals surface area (Å²) in [6.45, 7) is 2.59. The molecule has 0 aliphatic rings. The smallest absolute Gasteiger partial charge is 0.119 e. The lowest BCUT2D eigenvalue weighted by Crippen LogP contribution is -2.18. The number of hydrogen-bond donors (Lipinski definition) is 1. The van der Waals surface area contributed by atoms with Crippen LogP contribution in [0.25, 0.3) is 0 Å². The molecule has 0 amide bonds. The van der Waals surface area contributed by atoms with Gasteiger partial charge in [-0.2, -0.15) is 0 Å². The van der Waals surface area contributed by atoms with Gasteiger partial charge in [0.1, 0.15) is 5.75 Å². The second-order valence-corrected chi connectivity index (χ2v) is 3.22. The highest BCUT2D eigenvalue weighted by Gasteiger charge is 1.91. The second kappa shape index (κ2) is 7.90. The molecule has 0 unspecified atom stereocenters. The van der Waals surface area contributed by atoms with Gasteiger partial charge in [-0.3, -0.25) is 0 Å². The van der Waals surface area contributed by atoms with Gasteiger partial charge in [0.2, 0.25) is 0 Å². The SMILES string of the molecule is C#CCCNCCCOc1ccccc1. The lowest BCUT2D eigenvalue weighted by atomic mass is 10.3. The molecule has 0 radical (unpaired) electrons. The topological polar surface area (TPSA) is 21.3 Å². The molecule has 1 N–H and O–H groups in total. The van der Waals surface area contributed by atoms with Crippen LogP contribution in [0, 0.1) is 12.3 Å². The van der Waals surface area contributed by atoms with E-state index >= 15 is 0 Å². The number of hydrogen-bond acceptors (Lipinski definition) is 2. The first-order chi connectivity index (χ1) is 7.43. The van der Waals surface area contributed by atoms with Gasteiger partial charge in [0.25, 0.3) is 0 Å². The predicted molar refractivity (Wildman–Crippen MR) is 62.9 cm³/mol. The zero-order valence-corrected chi connectivity index (χ0v) is 8.91. The summed E-state index contributed by atoms with van der Waals surface area (Å²) in [6.07, 6.45) is 6.92. The molecule has 0 saturated heterocycles. The molecule has 15 heavy (non-hydrogen) atoms. The van der Waals surface area contributed by atoms with Gasteiger partial charge >= 0.3 is 0 Å². The molecule has 2 nitrogen and oxygen atoms in total. The summed E-state index contributed by atoms with van der Waals surface area (Å²) < 4.78 is 5.53. The van der Waals surface area contributed by atoms with E-state index < -0.39 is 0 Å². The van der Waals surface area contributed by atoms with E-state index in [9.17, 15) is 0 Å². The number of para-hydroxylation sites is 1. The molecule has 0 aliphatic carbocycles. The van der Waals surface area contributed by atoms with Crippen LogP contribution in [0.4, 0.5) is 0 Å². The van der Waals surface area contributed by atoms with E-state index in [1.54, 1.807) is 0 Å². The average Bonchev–Trinajstić information content (AvgIpc) is 2.29. The van der Waals surface area contributed by atoms with Crippen LogP contribution >= 0.6 is 0 Å². The highest BCUT2D eigenvalue weighted by atomic mass is 16.5. The van der Waals surface area contributed by atoms with E-state index in [-0.39, 0.29) is 0 Å². The molecule has 1 rings (SSSR count). The van der Waals surface area contributed by atoms with Gasteiger partial charge in [0, 0.05) is 13.0 Å². The number of benzene rings is 1. The van der Waals surface area contributed by atoms with Crippen molar-refractivity contribution in [1.29, 1.82) is 0 Å². The zero-order chi connectivity index (χ0) is 10.8. The minimum atomic E-state index is 0.743. The van der Waals surface area contributed by atoms with E-state index in [0.717, 1.165) is 38.3 Å². The van der Waals surface area contributed by atoms with Crippen LogP contribution < -0.4 is 10.1 Å². The highest BCUT2D eigenvalue weighted by molar-refractivity contribution is 5.20. The molecule has 0 atom stereocenters. The van der Waals surface area contributed by atoms with Gasteiger partial charge in [-0.25, -0.2) is 0 Å². The lowest BCUT2D eigenvalue weighted by Gasteiger charge is -2.05. The molecule has 0 fully saturated rings. The Labute approximate surface area is 91.6 Å². The third-order valence-corrected chi connectivity index (χ3v) is 1.96. The highest BCUT2D eigenvalue weighted by Crippen LogP contribution is 2.07. The Balaban J connectivity index is 1.96. The van der Waals surface area contributed by atoms with Gasteiger partial charge in [-0.15, -0.1) is 12.3 Å². The fourth-order valence-electron chi connectivity index (χ4n) is 1.19. The Kier molecular flexibility index (Phi) is 6.12. The molecule has 0 saturated carbocycles. The maximum Gasteiger partial charge on any atom is 0.119 e. The van der Waals surface area contributed by atoms with Crippen molar-refractivity contribution in [2.75, 3.05) is 19.7 Å². The first kappa shape index (κ1) is 11.6. The van der Waals surface area contributed by atoms with E-state index in [4.69, 9.17) is 11.2 Å². The third-order valence-electron chi connectivity index (χ3n) is 1.96. The van der Waals surface area contributed by atoms with Crippen molar-refractivity contribution < 1.29 is 4.74 Å². The number of terminal acetylenes is 1. The molecule has 0 bridgehead atoms. The Morgan fingerprint density at radius 1 is 1.20 bits per heavy atom. The second-order valence-electron chi connectivity index (χ2n) is 3.22. The monoisotopic (exact) mass is 203 g/mol. The van der Waals surface area contributed by atoms with Gasteiger partial charge in [-0.05, 0) is 25.1 Å². The fraction of sp³-hybridized carbons (Fsp3) is 0.385. The summed E-state index contributed by atoms with van der Waals surface area (Å²) in [5, 5.41) is 3.25. The van der Waals surface area contributed by atoms with Gasteiger partial charge in [0.15, 0.2) is 0 Å². The predicted octanol–water partition coefficient (Wildman–Crippen LogP) is 2.07. The molecule has 0 heterocycles. The molecule has 1 aromatic carbocycles. The van der Waals surface area contributed by atoms with Crippen LogP contribution in [-0.4, -0.2) is 19.7 Å². The first-order valence-corrected chi connectivity index (χ1v) is 5.25. The molecule has 0 spiro atoms. The largest absolute Gasteiger partial charge is 0.494 e. The van der Waals surface area contributed by atoms with E-state index in [1.807, 2.05) is 30.3 Å². The Morgan fingerprint density at radius 2 is 2.00 bits per heavy atom. The number of nitrogens with one attached hydrogen (secondary N) is 1. The van der Waals surface area contributed by atoms with Crippen molar-refractivity contribution in [1.82, 2.24) is 5.32 Å². The molecule has 0 aliphatic heterocycles. The van der Waals surface area contributed by atoms with Crippen molar-refractivity contribution >= 4 is 0 Å². The summed E-state index contributed by atoms with van der Waals surface area (Å²) in [4.78, 5) is 0. The van der Waals surface area contributed by atoms with Crippen molar-refractivity contribution in [2.24, 2.45) is 0 Å². The minimum Gasteiger partial charge on any atom is -0.494 e.